The molecule has 2 fully saturated rings. The highest BCUT2D eigenvalue weighted by molar-refractivity contribution is 5.88. The van der Waals surface area contributed by atoms with Gasteiger partial charge in [-0.1, -0.05) is 13.8 Å². The van der Waals surface area contributed by atoms with E-state index in [1.165, 1.54) is 0 Å². The minimum absolute atomic E-state index is 0.134. The molecule has 0 aliphatic carbocycles. The minimum Gasteiger partial charge on any atom is -0.341 e. The number of hydrogen-bond acceptors (Lipinski definition) is 3. The quantitative estimate of drug-likeness (QED) is 0.829. The zero-order valence-corrected chi connectivity index (χ0v) is 13.4. The van der Waals surface area contributed by atoms with Crippen LogP contribution in [0.1, 0.15) is 46.0 Å². The van der Waals surface area contributed by atoms with Crippen LogP contribution in [0.4, 0.5) is 0 Å². The summed E-state index contributed by atoms with van der Waals surface area (Å²) in [5.41, 5.74) is 5.72. The van der Waals surface area contributed by atoms with Gasteiger partial charge in [0, 0.05) is 26.1 Å². The number of likely N-dealkylation sites (tertiary alicyclic amines) is 2. The van der Waals surface area contributed by atoms with E-state index in [2.05, 4.69) is 13.8 Å². The summed E-state index contributed by atoms with van der Waals surface area (Å²) >= 11 is 0. The summed E-state index contributed by atoms with van der Waals surface area (Å²) in [5, 5.41) is 0. The zero-order valence-electron chi connectivity index (χ0n) is 13.4. The molecule has 0 aromatic heterocycles. The van der Waals surface area contributed by atoms with Crippen LogP contribution in [0.3, 0.4) is 0 Å². The highest BCUT2D eigenvalue weighted by Crippen LogP contribution is 2.23. The van der Waals surface area contributed by atoms with Crippen LogP contribution in [0.15, 0.2) is 0 Å². The lowest BCUT2D eigenvalue weighted by atomic mass is 9.98. The first kappa shape index (κ1) is 16.3. The van der Waals surface area contributed by atoms with Crippen LogP contribution in [-0.2, 0) is 9.59 Å². The second-order valence-electron chi connectivity index (χ2n) is 6.86. The first-order valence-electron chi connectivity index (χ1n) is 8.31. The zero-order chi connectivity index (χ0) is 15.4. The van der Waals surface area contributed by atoms with E-state index in [0.717, 1.165) is 45.3 Å². The lowest BCUT2D eigenvalue weighted by molar-refractivity contribution is -0.147. The number of piperidine rings is 1. The number of nitrogens with two attached hydrogens (primary N) is 1. The van der Waals surface area contributed by atoms with Gasteiger partial charge < -0.3 is 15.5 Å². The van der Waals surface area contributed by atoms with Gasteiger partial charge in [-0.25, -0.2) is 0 Å². The third kappa shape index (κ3) is 3.96. The van der Waals surface area contributed by atoms with E-state index in [4.69, 9.17) is 5.73 Å². The maximum absolute atomic E-state index is 12.9. The van der Waals surface area contributed by atoms with Gasteiger partial charge in [0.05, 0.1) is 0 Å². The Balaban J connectivity index is 2.07. The number of carbonyl (C=O) groups is 2. The van der Waals surface area contributed by atoms with Crippen LogP contribution in [0.5, 0.6) is 0 Å². The van der Waals surface area contributed by atoms with Crippen molar-refractivity contribution in [2.24, 2.45) is 17.6 Å². The van der Waals surface area contributed by atoms with Gasteiger partial charge >= 0.3 is 0 Å². The number of carbonyl (C=O) groups excluding carboxylic acids is 2. The summed E-state index contributed by atoms with van der Waals surface area (Å²) in [6.07, 6.45) is 4.31. The molecule has 120 valence electrons. The Hall–Kier alpha value is -1.10. The Kier molecular flexibility index (Phi) is 5.62. The molecule has 0 bridgehead atoms. The molecule has 2 unspecified atom stereocenters. The van der Waals surface area contributed by atoms with Gasteiger partial charge in [0.15, 0.2) is 0 Å². The second-order valence-corrected chi connectivity index (χ2v) is 6.86. The lowest BCUT2D eigenvalue weighted by Crippen LogP contribution is -2.52. The molecule has 0 aromatic rings. The average molecular weight is 295 g/mol. The van der Waals surface area contributed by atoms with Crippen LogP contribution in [0.2, 0.25) is 0 Å². The van der Waals surface area contributed by atoms with Gasteiger partial charge in [0.2, 0.25) is 11.8 Å². The van der Waals surface area contributed by atoms with Crippen LogP contribution in [-0.4, -0.2) is 53.8 Å². The summed E-state index contributed by atoms with van der Waals surface area (Å²) in [5.74, 6) is 1.11. The van der Waals surface area contributed by atoms with Crippen molar-refractivity contribution in [1.82, 2.24) is 9.80 Å². The Bertz CT molecular complexity index is 384. The smallest absolute Gasteiger partial charge is 0.245 e. The summed E-state index contributed by atoms with van der Waals surface area (Å²) in [4.78, 5) is 28.8. The fourth-order valence-electron chi connectivity index (χ4n) is 3.40. The SMILES string of the molecule is CC(C)CC(C(=O)N1CCC(CN)C1)N1CCCCC1=O. The molecule has 2 rings (SSSR count). The van der Waals surface area contributed by atoms with Gasteiger partial charge in [-0.15, -0.1) is 0 Å². The Labute approximate surface area is 127 Å². The summed E-state index contributed by atoms with van der Waals surface area (Å²) in [6, 6.07) is -0.269. The van der Waals surface area contributed by atoms with Crippen molar-refractivity contribution in [3.8, 4) is 0 Å². The van der Waals surface area contributed by atoms with Crippen molar-refractivity contribution in [2.45, 2.75) is 52.0 Å². The van der Waals surface area contributed by atoms with Crippen molar-refractivity contribution >= 4 is 11.8 Å². The molecule has 2 amide bonds. The highest BCUT2D eigenvalue weighted by atomic mass is 16.2. The van der Waals surface area contributed by atoms with Gasteiger partial charge in [0.1, 0.15) is 6.04 Å². The third-order valence-corrected chi connectivity index (χ3v) is 4.65. The molecule has 0 aromatic carbocycles. The molecule has 2 aliphatic rings. The number of amides is 2. The van der Waals surface area contributed by atoms with E-state index in [0.29, 0.717) is 24.8 Å². The third-order valence-electron chi connectivity index (χ3n) is 4.65. The molecule has 2 atom stereocenters. The summed E-state index contributed by atoms with van der Waals surface area (Å²) in [7, 11) is 0. The molecular weight excluding hydrogens is 266 g/mol. The normalized spacial score (nSPS) is 24.8. The molecule has 0 spiro atoms. The van der Waals surface area contributed by atoms with Gasteiger partial charge in [-0.3, -0.25) is 9.59 Å². The van der Waals surface area contributed by atoms with E-state index in [1.54, 1.807) is 0 Å². The van der Waals surface area contributed by atoms with E-state index in [9.17, 15) is 9.59 Å². The van der Waals surface area contributed by atoms with Gasteiger partial charge in [0.25, 0.3) is 0 Å². The van der Waals surface area contributed by atoms with E-state index in [-0.39, 0.29) is 17.9 Å². The van der Waals surface area contributed by atoms with Crippen molar-refractivity contribution in [2.75, 3.05) is 26.2 Å². The molecule has 0 saturated carbocycles. The molecule has 2 saturated heterocycles. The van der Waals surface area contributed by atoms with E-state index in [1.807, 2.05) is 9.80 Å². The predicted octanol–water partition coefficient (Wildman–Crippen LogP) is 1.22. The first-order valence-corrected chi connectivity index (χ1v) is 8.31. The van der Waals surface area contributed by atoms with Crippen LogP contribution >= 0.6 is 0 Å². The van der Waals surface area contributed by atoms with Gasteiger partial charge in [-0.05, 0) is 44.1 Å². The summed E-state index contributed by atoms with van der Waals surface area (Å²) < 4.78 is 0. The Morgan fingerprint density at radius 3 is 2.67 bits per heavy atom. The molecule has 5 nitrogen and oxygen atoms in total. The number of hydrogen-bond donors (Lipinski definition) is 1. The first-order chi connectivity index (χ1) is 10.0. The Morgan fingerprint density at radius 2 is 2.10 bits per heavy atom. The maximum Gasteiger partial charge on any atom is 0.245 e. The Morgan fingerprint density at radius 1 is 1.33 bits per heavy atom. The van der Waals surface area contributed by atoms with Crippen LogP contribution in [0, 0.1) is 11.8 Å². The molecule has 0 radical (unpaired) electrons. The monoisotopic (exact) mass is 295 g/mol. The minimum atomic E-state index is -0.269. The fraction of sp³-hybridized carbons (Fsp3) is 0.875. The molecule has 2 heterocycles. The number of nitrogens with zero attached hydrogens (tertiary/aromatic N) is 2. The lowest BCUT2D eigenvalue weighted by Gasteiger charge is -2.36. The highest BCUT2D eigenvalue weighted by Gasteiger charge is 2.36. The van der Waals surface area contributed by atoms with Crippen molar-refractivity contribution < 1.29 is 9.59 Å². The molecule has 2 aliphatic heterocycles. The van der Waals surface area contributed by atoms with Crippen LogP contribution < -0.4 is 5.73 Å². The summed E-state index contributed by atoms with van der Waals surface area (Å²) in [6.45, 7) is 7.14. The second kappa shape index (κ2) is 7.25. The maximum atomic E-state index is 12.9. The van der Waals surface area contributed by atoms with Crippen molar-refractivity contribution in [1.29, 1.82) is 0 Å². The van der Waals surface area contributed by atoms with Gasteiger partial charge in [-0.2, -0.15) is 0 Å². The van der Waals surface area contributed by atoms with Crippen molar-refractivity contribution in [3.05, 3.63) is 0 Å². The fourth-order valence-corrected chi connectivity index (χ4v) is 3.40. The largest absolute Gasteiger partial charge is 0.341 e. The molecule has 5 heteroatoms. The number of rotatable bonds is 5. The van der Waals surface area contributed by atoms with E-state index >= 15 is 0 Å². The predicted molar refractivity (Wildman–Crippen MR) is 82.5 cm³/mol. The topological polar surface area (TPSA) is 66.6 Å². The molecule has 21 heavy (non-hydrogen) atoms. The standard InChI is InChI=1S/C16H29N3O2/c1-12(2)9-14(19-7-4-3-5-15(19)20)16(21)18-8-6-13(10-17)11-18/h12-14H,3-11,17H2,1-2H3. The van der Waals surface area contributed by atoms with Crippen LogP contribution in [0.25, 0.3) is 0 Å². The van der Waals surface area contributed by atoms with E-state index < -0.39 is 0 Å². The molecular formula is C16H29N3O2. The van der Waals surface area contributed by atoms with Crippen molar-refractivity contribution in [3.63, 3.8) is 0 Å². The average Bonchev–Trinajstić information content (AvgIpc) is 2.93. The molecule has 2 N–H and O–H groups in total.